The lowest BCUT2D eigenvalue weighted by Crippen LogP contribution is -2.21. The standard InChI is InChI=1S/C19H16Cl2N2O3/c1-11-14(8-12-4-7-17(25-2)18(9-12)26-3)19(24)23(22-11)13-5-6-15(20)16(21)10-13/h4-10H,1-3H3. The van der Waals surface area contributed by atoms with Crippen molar-refractivity contribution in [2.75, 3.05) is 19.2 Å². The summed E-state index contributed by atoms with van der Waals surface area (Å²) in [5.41, 5.74) is 2.45. The summed E-state index contributed by atoms with van der Waals surface area (Å²) in [6.07, 6.45) is 1.76. The highest BCUT2D eigenvalue weighted by molar-refractivity contribution is 6.42. The van der Waals surface area contributed by atoms with E-state index in [1.54, 1.807) is 57.6 Å². The maximum atomic E-state index is 12.8. The molecule has 5 nitrogen and oxygen atoms in total. The Hall–Kier alpha value is -2.50. The molecule has 0 aliphatic carbocycles. The van der Waals surface area contributed by atoms with Crippen LogP contribution < -0.4 is 14.5 Å². The maximum Gasteiger partial charge on any atom is 0.280 e. The molecule has 0 N–H and O–H groups in total. The molecule has 0 saturated carbocycles. The van der Waals surface area contributed by atoms with Crippen molar-refractivity contribution in [1.82, 2.24) is 0 Å². The summed E-state index contributed by atoms with van der Waals surface area (Å²) in [6.45, 7) is 1.78. The Kier molecular flexibility index (Phi) is 5.20. The van der Waals surface area contributed by atoms with Crippen molar-refractivity contribution < 1.29 is 14.3 Å². The summed E-state index contributed by atoms with van der Waals surface area (Å²) in [7, 11) is 3.14. The molecule has 2 aromatic carbocycles. The monoisotopic (exact) mass is 390 g/mol. The van der Waals surface area contributed by atoms with Gasteiger partial charge in [0.1, 0.15) is 0 Å². The van der Waals surface area contributed by atoms with Crippen LogP contribution in [0.2, 0.25) is 10.0 Å². The van der Waals surface area contributed by atoms with E-state index in [1.165, 1.54) is 5.01 Å². The molecule has 1 aliphatic heterocycles. The van der Waals surface area contributed by atoms with Crippen LogP contribution in [-0.2, 0) is 4.79 Å². The molecular formula is C19H16Cl2N2O3. The minimum Gasteiger partial charge on any atom is -0.493 e. The van der Waals surface area contributed by atoms with Gasteiger partial charge in [0.25, 0.3) is 5.91 Å². The van der Waals surface area contributed by atoms with E-state index in [0.29, 0.717) is 38.5 Å². The number of hydrazone groups is 1. The molecule has 0 saturated heterocycles. The van der Waals surface area contributed by atoms with Gasteiger partial charge >= 0.3 is 0 Å². The quantitative estimate of drug-likeness (QED) is 0.703. The third-order valence-electron chi connectivity index (χ3n) is 3.93. The molecular weight excluding hydrogens is 375 g/mol. The minimum absolute atomic E-state index is 0.240. The molecule has 26 heavy (non-hydrogen) atoms. The van der Waals surface area contributed by atoms with Crippen LogP contribution in [-0.4, -0.2) is 25.8 Å². The van der Waals surface area contributed by atoms with Crippen molar-refractivity contribution in [3.63, 3.8) is 0 Å². The zero-order chi connectivity index (χ0) is 18.8. The predicted molar refractivity (Wildman–Crippen MR) is 105 cm³/mol. The third-order valence-corrected chi connectivity index (χ3v) is 4.67. The molecule has 1 aliphatic rings. The third kappa shape index (κ3) is 3.41. The van der Waals surface area contributed by atoms with Crippen LogP contribution >= 0.6 is 23.2 Å². The van der Waals surface area contributed by atoms with Crippen LogP contribution in [0.1, 0.15) is 12.5 Å². The summed E-state index contributed by atoms with van der Waals surface area (Å²) < 4.78 is 10.5. The van der Waals surface area contributed by atoms with E-state index in [-0.39, 0.29) is 5.91 Å². The molecule has 1 amide bonds. The first-order valence-electron chi connectivity index (χ1n) is 7.73. The molecule has 7 heteroatoms. The Morgan fingerprint density at radius 3 is 2.38 bits per heavy atom. The molecule has 134 valence electrons. The molecule has 0 radical (unpaired) electrons. The van der Waals surface area contributed by atoms with E-state index >= 15 is 0 Å². The van der Waals surface area contributed by atoms with E-state index in [2.05, 4.69) is 5.10 Å². The molecule has 0 aromatic heterocycles. The average Bonchev–Trinajstić information content (AvgIpc) is 2.92. The number of methoxy groups -OCH3 is 2. The van der Waals surface area contributed by atoms with Gasteiger partial charge in [0.05, 0.1) is 41.2 Å². The fourth-order valence-corrected chi connectivity index (χ4v) is 2.88. The SMILES string of the molecule is COc1ccc(C=C2C(=O)N(c3ccc(Cl)c(Cl)c3)N=C2C)cc1OC. The highest BCUT2D eigenvalue weighted by atomic mass is 35.5. The van der Waals surface area contributed by atoms with Gasteiger partial charge in [0.15, 0.2) is 11.5 Å². The molecule has 0 fully saturated rings. The number of amides is 1. The summed E-state index contributed by atoms with van der Waals surface area (Å²) in [4.78, 5) is 12.8. The summed E-state index contributed by atoms with van der Waals surface area (Å²) in [5, 5.41) is 6.43. The number of rotatable bonds is 4. The molecule has 3 rings (SSSR count). The Bertz CT molecular complexity index is 938. The van der Waals surface area contributed by atoms with Crippen molar-refractivity contribution in [2.24, 2.45) is 5.10 Å². The number of hydrogen-bond acceptors (Lipinski definition) is 4. The van der Waals surface area contributed by atoms with E-state index in [1.807, 2.05) is 6.07 Å². The first-order valence-corrected chi connectivity index (χ1v) is 8.49. The predicted octanol–water partition coefficient (Wildman–Crippen LogP) is 4.82. The number of anilines is 1. The van der Waals surface area contributed by atoms with Crippen molar-refractivity contribution in [1.29, 1.82) is 0 Å². The van der Waals surface area contributed by atoms with Gasteiger partial charge < -0.3 is 9.47 Å². The van der Waals surface area contributed by atoms with Gasteiger partial charge in [-0.15, -0.1) is 0 Å². The zero-order valence-electron chi connectivity index (χ0n) is 14.4. The minimum atomic E-state index is -0.240. The smallest absolute Gasteiger partial charge is 0.280 e. The lowest BCUT2D eigenvalue weighted by atomic mass is 10.1. The topological polar surface area (TPSA) is 51.1 Å². The fourth-order valence-electron chi connectivity index (χ4n) is 2.59. The van der Waals surface area contributed by atoms with Crippen LogP contribution in [0.15, 0.2) is 47.1 Å². The van der Waals surface area contributed by atoms with Crippen LogP contribution in [0.25, 0.3) is 6.08 Å². The van der Waals surface area contributed by atoms with Gasteiger partial charge in [-0.3, -0.25) is 4.79 Å². The zero-order valence-corrected chi connectivity index (χ0v) is 15.9. The average molecular weight is 391 g/mol. The van der Waals surface area contributed by atoms with Crippen molar-refractivity contribution >= 4 is 46.6 Å². The largest absolute Gasteiger partial charge is 0.493 e. The maximum absolute atomic E-state index is 12.8. The van der Waals surface area contributed by atoms with Gasteiger partial charge in [0.2, 0.25) is 0 Å². The molecule has 0 unspecified atom stereocenters. The Balaban J connectivity index is 1.95. The van der Waals surface area contributed by atoms with Gasteiger partial charge in [-0.1, -0.05) is 29.3 Å². The van der Waals surface area contributed by atoms with Crippen molar-refractivity contribution in [3.05, 3.63) is 57.6 Å². The number of halogens is 2. The number of carbonyl (C=O) groups excluding carboxylic acids is 1. The first kappa shape index (κ1) is 18.3. The van der Waals surface area contributed by atoms with Gasteiger partial charge in [-0.2, -0.15) is 10.1 Å². The van der Waals surface area contributed by atoms with E-state index in [4.69, 9.17) is 32.7 Å². The second-order valence-corrected chi connectivity index (χ2v) is 6.39. The number of carbonyl (C=O) groups is 1. The number of benzene rings is 2. The lowest BCUT2D eigenvalue weighted by molar-refractivity contribution is -0.114. The highest BCUT2D eigenvalue weighted by Crippen LogP contribution is 2.32. The lowest BCUT2D eigenvalue weighted by Gasteiger charge is -2.12. The Labute approximate surface area is 161 Å². The van der Waals surface area contributed by atoms with Gasteiger partial charge in [-0.05, 0) is 48.9 Å². The fraction of sp³-hybridized carbons (Fsp3) is 0.158. The molecule has 2 aromatic rings. The molecule has 0 bridgehead atoms. The summed E-state index contributed by atoms with van der Waals surface area (Å²) >= 11 is 12.0. The molecule has 0 atom stereocenters. The van der Waals surface area contributed by atoms with Gasteiger partial charge in [-0.25, -0.2) is 0 Å². The van der Waals surface area contributed by atoms with Crippen molar-refractivity contribution in [3.8, 4) is 11.5 Å². The second kappa shape index (κ2) is 7.40. The first-order chi connectivity index (χ1) is 12.4. The molecule has 0 spiro atoms. The van der Waals surface area contributed by atoms with E-state index in [0.717, 1.165) is 5.56 Å². The Morgan fingerprint density at radius 1 is 1.00 bits per heavy atom. The Morgan fingerprint density at radius 2 is 1.73 bits per heavy atom. The van der Waals surface area contributed by atoms with Crippen LogP contribution in [0.5, 0.6) is 11.5 Å². The van der Waals surface area contributed by atoms with Gasteiger partial charge in [0, 0.05) is 0 Å². The number of hydrogen-bond donors (Lipinski definition) is 0. The summed E-state index contributed by atoms with van der Waals surface area (Å²) in [6, 6.07) is 10.4. The second-order valence-electron chi connectivity index (χ2n) is 5.57. The normalized spacial score (nSPS) is 15.4. The van der Waals surface area contributed by atoms with E-state index < -0.39 is 0 Å². The summed E-state index contributed by atoms with van der Waals surface area (Å²) in [5.74, 6) is 0.967. The van der Waals surface area contributed by atoms with Crippen LogP contribution in [0.4, 0.5) is 5.69 Å². The molecule has 1 heterocycles. The highest BCUT2D eigenvalue weighted by Gasteiger charge is 2.29. The van der Waals surface area contributed by atoms with Crippen molar-refractivity contribution in [2.45, 2.75) is 6.92 Å². The van der Waals surface area contributed by atoms with Crippen LogP contribution in [0, 0.1) is 0 Å². The van der Waals surface area contributed by atoms with Crippen LogP contribution in [0.3, 0.4) is 0 Å². The number of ether oxygens (including phenoxy) is 2. The number of nitrogens with zero attached hydrogens (tertiary/aromatic N) is 2. The van der Waals surface area contributed by atoms with E-state index in [9.17, 15) is 4.79 Å².